The van der Waals surface area contributed by atoms with Crippen molar-refractivity contribution >= 4 is 29.5 Å². The molecule has 1 aromatic rings. The fraction of sp³-hybridized carbons (Fsp3) is 0.545. The first kappa shape index (κ1) is 21.9. The molecule has 0 aromatic heterocycles. The molecule has 10 nitrogen and oxygen atoms in total. The highest BCUT2D eigenvalue weighted by Crippen LogP contribution is 2.34. The number of amides is 4. The van der Waals surface area contributed by atoms with Crippen LogP contribution in [0, 0.1) is 0 Å². The fourth-order valence-corrected chi connectivity index (χ4v) is 4.55. The maximum Gasteiger partial charge on any atom is 0.326 e. The predicted molar refractivity (Wildman–Crippen MR) is 114 cm³/mol. The lowest BCUT2D eigenvalue weighted by molar-refractivity contribution is -0.154. The Morgan fingerprint density at radius 1 is 1.03 bits per heavy atom. The van der Waals surface area contributed by atoms with Crippen LogP contribution in [0.25, 0.3) is 0 Å². The summed E-state index contributed by atoms with van der Waals surface area (Å²) in [5.41, 5.74) is 0.189. The molecule has 32 heavy (non-hydrogen) atoms. The maximum atomic E-state index is 12.6. The van der Waals surface area contributed by atoms with Gasteiger partial charge in [0.2, 0.25) is 0 Å². The fourth-order valence-electron chi connectivity index (χ4n) is 4.55. The molecule has 10 heteroatoms. The van der Waals surface area contributed by atoms with Gasteiger partial charge in [0.15, 0.2) is 6.61 Å². The molecule has 1 N–H and O–H groups in total. The van der Waals surface area contributed by atoms with Crippen molar-refractivity contribution in [3.05, 3.63) is 24.3 Å². The second-order valence-corrected chi connectivity index (χ2v) is 8.34. The predicted octanol–water partition coefficient (Wildman–Crippen LogP) is 0.752. The van der Waals surface area contributed by atoms with E-state index in [0.29, 0.717) is 39.0 Å². The van der Waals surface area contributed by atoms with Gasteiger partial charge in [0.05, 0.1) is 7.11 Å². The Bertz CT molecular complexity index is 888. The molecule has 4 rings (SSSR count). The van der Waals surface area contributed by atoms with E-state index in [-0.39, 0.29) is 11.8 Å². The number of urea groups is 1. The highest BCUT2D eigenvalue weighted by Gasteiger charge is 2.52. The molecule has 2 aliphatic heterocycles. The van der Waals surface area contributed by atoms with Crippen LogP contribution >= 0.6 is 0 Å². The SMILES string of the molecule is COc1ccc(N2CCN(C(=O)COC(=O)CN3C(=O)NC4(CCCC4)C3=O)CC2)cc1. The Hall–Kier alpha value is -3.30. The van der Waals surface area contributed by atoms with Crippen LogP contribution in [0.4, 0.5) is 10.5 Å². The van der Waals surface area contributed by atoms with Crippen LogP contribution in [0.15, 0.2) is 24.3 Å². The normalized spacial score (nSPS) is 20.0. The van der Waals surface area contributed by atoms with Gasteiger partial charge in [-0.3, -0.25) is 19.3 Å². The van der Waals surface area contributed by atoms with Crippen LogP contribution < -0.4 is 15.0 Å². The van der Waals surface area contributed by atoms with Crippen molar-refractivity contribution in [2.24, 2.45) is 0 Å². The number of ether oxygens (including phenoxy) is 2. The molecule has 2 saturated heterocycles. The first-order valence-electron chi connectivity index (χ1n) is 10.9. The quantitative estimate of drug-likeness (QED) is 0.510. The van der Waals surface area contributed by atoms with E-state index < -0.39 is 30.7 Å². The van der Waals surface area contributed by atoms with Crippen molar-refractivity contribution in [1.29, 1.82) is 0 Å². The number of carbonyl (C=O) groups excluding carboxylic acids is 4. The summed E-state index contributed by atoms with van der Waals surface area (Å²) in [7, 11) is 1.62. The van der Waals surface area contributed by atoms with Gasteiger partial charge in [-0.1, -0.05) is 12.8 Å². The maximum absolute atomic E-state index is 12.6. The zero-order valence-corrected chi connectivity index (χ0v) is 18.2. The number of methoxy groups -OCH3 is 1. The molecule has 0 atom stereocenters. The summed E-state index contributed by atoms with van der Waals surface area (Å²) >= 11 is 0. The number of piperazine rings is 1. The van der Waals surface area contributed by atoms with Gasteiger partial charge in [0.1, 0.15) is 17.8 Å². The Labute approximate surface area is 186 Å². The molecule has 0 unspecified atom stereocenters. The molecular weight excluding hydrogens is 416 g/mol. The van der Waals surface area contributed by atoms with E-state index in [2.05, 4.69) is 10.2 Å². The standard InChI is InChI=1S/C22H28N4O6/c1-31-17-6-4-16(5-7-17)24-10-12-25(13-11-24)18(27)15-32-19(28)14-26-20(29)22(23-21(26)30)8-2-3-9-22/h4-7H,2-3,8-15H2,1H3,(H,23,30). The molecular formula is C22H28N4O6. The molecule has 2 heterocycles. The highest BCUT2D eigenvalue weighted by atomic mass is 16.5. The Morgan fingerprint density at radius 2 is 1.69 bits per heavy atom. The molecule has 3 aliphatic rings. The number of esters is 1. The van der Waals surface area contributed by atoms with Gasteiger partial charge < -0.3 is 24.6 Å². The summed E-state index contributed by atoms with van der Waals surface area (Å²) in [5, 5.41) is 2.72. The molecule has 1 saturated carbocycles. The number of benzene rings is 1. The molecule has 1 spiro atoms. The van der Waals surface area contributed by atoms with Crippen LogP contribution in [0.2, 0.25) is 0 Å². The van der Waals surface area contributed by atoms with Crippen molar-refractivity contribution in [2.45, 2.75) is 31.2 Å². The van der Waals surface area contributed by atoms with E-state index in [1.165, 1.54) is 0 Å². The third-order valence-electron chi connectivity index (χ3n) is 6.42. The Morgan fingerprint density at radius 3 is 2.31 bits per heavy atom. The molecule has 0 radical (unpaired) electrons. The number of carbonyl (C=O) groups is 4. The van der Waals surface area contributed by atoms with Crippen LogP contribution in [0.3, 0.4) is 0 Å². The molecule has 4 amide bonds. The summed E-state index contributed by atoms with van der Waals surface area (Å²) < 4.78 is 10.2. The van der Waals surface area contributed by atoms with Crippen molar-refractivity contribution < 1.29 is 28.7 Å². The average molecular weight is 444 g/mol. The van der Waals surface area contributed by atoms with Crippen LogP contribution in [-0.2, 0) is 19.1 Å². The van der Waals surface area contributed by atoms with Gasteiger partial charge in [-0.25, -0.2) is 4.79 Å². The number of nitrogens with zero attached hydrogens (tertiary/aromatic N) is 3. The number of imide groups is 1. The lowest BCUT2D eigenvalue weighted by atomic mass is 9.98. The van der Waals surface area contributed by atoms with Crippen molar-refractivity contribution in [3.8, 4) is 5.75 Å². The van der Waals surface area contributed by atoms with Crippen LogP contribution in [0.1, 0.15) is 25.7 Å². The molecule has 172 valence electrons. The minimum Gasteiger partial charge on any atom is -0.497 e. The summed E-state index contributed by atoms with van der Waals surface area (Å²) in [6.45, 7) is 1.46. The topological polar surface area (TPSA) is 108 Å². The minimum atomic E-state index is -0.864. The van der Waals surface area contributed by atoms with Crippen molar-refractivity contribution in [1.82, 2.24) is 15.1 Å². The summed E-state index contributed by atoms with van der Waals surface area (Å²) in [5.74, 6) is -0.653. The lowest BCUT2D eigenvalue weighted by Gasteiger charge is -2.36. The number of hydrogen-bond donors (Lipinski definition) is 1. The van der Waals surface area contributed by atoms with E-state index in [0.717, 1.165) is 29.2 Å². The Kier molecular flexibility index (Phi) is 6.20. The Balaban J connectivity index is 1.21. The summed E-state index contributed by atoms with van der Waals surface area (Å²) in [4.78, 5) is 54.1. The molecule has 0 bridgehead atoms. The van der Waals surface area contributed by atoms with E-state index >= 15 is 0 Å². The first-order chi connectivity index (χ1) is 15.4. The lowest BCUT2D eigenvalue weighted by Crippen LogP contribution is -2.50. The third kappa shape index (κ3) is 4.35. The zero-order valence-electron chi connectivity index (χ0n) is 18.2. The number of nitrogens with one attached hydrogen (secondary N) is 1. The third-order valence-corrected chi connectivity index (χ3v) is 6.42. The monoisotopic (exact) mass is 444 g/mol. The number of hydrogen-bond acceptors (Lipinski definition) is 7. The van der Waals surface area contributed by atoms with E-state index in [4.69, 9.17) is 9.47 Å². The van der Waals surface area contributed by atoms with E-state index in [9.17, 15) is 19.2 Å². The van der Waals surface area contributed by atoms with E-state index in [1.807, 2.05) is 24.3 Å². The largest absolute Gasteiger partial charge is 0.497 e. The van der Waals surface area contributed by atoms with Gasteiger partial charge in [0.25, 0.3) is 11.8 Å². The number of anilines is 1. The van der Waals surface area contributed by atoms with Gasteiger partial charge in [-0.2, -0.15) is 0 Å². The number of rotatable bonds is 6. The van der Waals surface area contributed by atoms with Crippen LogP contribution in [0.5, 0.6) is 5.75 Å². The highest BCUT2D eigenvalue weighted by molar-refractivity contribution is 6.08. The van der Waals surface area contributed by atoms with Gasteiger partial charge >= 0.3 is 12.0 Å². The average Bonchev–Trinajstić information content (AvgIpc) is 3.38. The second kappa shape index (κ2) is 9.05. The van der Waals surface area contributed by atoms with Crippen molar-refractivity contribution in [2.75, 3.05) is 51.3 Å². The van der Waals surface area contributed by atoms with Gasteiger partial charge in [-0.05, 0) is 37.1 Å². The van der Waals surface area contributed by atoms with Crippen molar-refractivity contribution in [3.63, 3.8) is 0 Å². The molecule has 1 aromatic carbocycles. The van der Waals surface area contributed by atoms with Crippen LogP contribution in [-0.4, -0.2) is 85.6 Å². The smallest absolute Gasteiger partial charge is 0.326 e. The van der Waals surface area contributed by atoms with E-state index in [1.54, 1.807) is 12.0 Å². The van der Waals surface area contributed by atoms with Gasteiger partial charge in [-0.15, -0.1) is 0 Å². The molecule has 3 fully saturated rings. The zero-order chi connectivity index (χ0) is 22.7. The minimum absolute atomic E-state index is 0.294. The first-order valence-corrected chi connectivity index (χ1v) is 10.9. The molecule has 1 aliphatic carbocycles. The summed E-state index contributed by atoms with van der Waals surface area (Å²) in [6.07, 6.45) is 2.91. The van der Waals surface area contributed by atoms with Gasteiger partial charge in [0, 0.05) is 31.9 Å². The second-order valence-electron chi connectivity index (χ2n) is 8.34. The summed E-state index contributed by atoms with van der Waals surface area (Å²) in [6, 6.07) is 7.17.